The fourth-order valence-corrected chi connectivity index (χ4v) is 3.47. The van der Waals surface area contributed by atoms with Gasteiger partial charge in [-0.2, -0.15) is 0 Å². The van der Waals surface area contributed by atoms with Gasteiger partial charge in [-0.25, -0.2) is 12.8 Å². The Bertz CT molecular complexity index is 702. The Morgan fingerprint density at radius 2 is 1.85 bits per heavy atom. The molecule has 20 heavy (non-hydrogen) atoms. The van der Waals surface area contributed by atoms with Crippen LogP contribution in [0.4, 0.5) is 10.1 Å². The van der Waals surface area contributed by atoms with Crippen LogP contribution in [0.3, 0.4) is 0 Å². The molecule has 0 spiro atoms. The highest BCUT2D eigenvalue weighted by molar-refractivity contribution is 7.92. The van der Waals surface area contributed by atoms with E-state index in [2.05, 4.69) is 4.98 Å². The number of anilines is 1. The topological polar surface area (TPSA) is 50.3 Å². The van der Waals surface area contributed by atoms with E-state index in [1.54, 1.807) is 19.1 Å². The Hall–Kier alpha value is -1.95. The number of benzene rings is 1. The molecule has 6 heteroatoms. The second-order valence-electron chi connectivity index (χ2n) is 4.29. The van der Waals surface area contributed by atoms with Crippen LogP contribution in [0.1, 0.15) is 12.5 Å². The van der Waals surface area contributed by atoms with E-state index in [9.17, 15) is 12.8 Å². The molecule has 0 aliphatic rings. The molecule has 1 heterocycles. The zero-order valence-corrected chi connectivity index (χ0v) is 12.1. The summed E-state index contributed by atoms with van der Waals surface area (Å²) in [5.41, 5.74) is 0.835. The average Bonchev–Trinajstić information content (AvgIpc) is 2.43. The van der Waals surface area contributed by atoms with E-state index in [-0.39, 0.29) is 11.4 Å². The van der Waals surface area contributed by atoms with Gasteiger partial charge in [-0.05, 0) is 49.7 Å². The van der Waals surface area contributed by atoms with Crippen LogP contribution in [0, 0.1) is 12.7 Å². The number of hydrogen-bond acceptors (Lipinski definition) is 3. The highest BCUT2D eigenvalue weighted by atomic mass is 32.2. The quantitative estimate of drug-likeness (QED) is 0.871. The van der Waals surface area contributed by atoms with Crippen LogP contribution in [-0.2, 0) is 10.0 Å². The molecule has 0 radical (unpaired) electrons. The van der Waals surface area contributed by atoms with Crippen LogP contribution < -0.4 is 4.31 Å². The molecule has 0 saturated heterocycles. The summed E-state index contributed by atoms with van der Waals surface area (Å²) in [6.07, 6.45) is 3.06. The first-order valence-electron chi connectivity index (χ1n) is 6.15. The minimum Gasteiger partial charge on any atom is -0.267 e. The van der Waals surface area contributed by atoms with E-state index in [1.165, 1.54) is 41.8 Å². The second-order valence-corrected chi connectivity index (χ2v) is 6.15. The van der Waals surface area contributed by atoms with Crippen molar-refractivity contribution in [1.82, 2.24) is 4.98 Å². The van der Waals surface area contributed by atoms with E-state index in [0.29, 0.717) is 11.3 Å². The number of sulfonamides is 1. The first-order valence-corrected chi connectivity index (χ1v) is 7.59. The second kappa shape index (κ2) is 5.58. The Morgan fingerprint density at radius 1 is 1.20 bits per heavy atom. The third-order valence-corrected chi connectivity index (χ3v) is 4.85. The van der Waals surface area contributed by atoms with Crippen molar-refractivity contribution < 1.29 is 12.8 Å². The van der Waals surface area contributed by atoms with Crippen LogP contribution in [-0.4, -0.2) is 19.9 Å². The maximum atomic E-state index is 13.3. The molecule has 2 rings (SSSR count). The van der Waals surface area contributed by atoms with Crippen molar-refractivity contribution in [2.45, 2.75) is 18.7 Å². The van der Waals surface area contributed by atoms with Gasteiger partial charge in [0.2, 0.25) is 0 Å². The predicted molar refractivity (Wildman–Crippen MR) is 75.6 cm³/mol. The van der Waals surface area contributed by atoms with Crippen molar-refractivity contribution >= 4 is 15.7 Å². The van der Waals surface area contributed by atoms with Crippen LogP contribution in [0.15, 0.2) is 47.6 Å². The molecular weight excluding hydrogens is 279 g/mol. The lowest BCUT2D eigenvalue weighted by molar-refractivity contribution is 0.589. The number of aromatic nitrogens is 1. The van der Waals surface area contributed by atoms with Crippen LogP contribution in [0.2, 0.25) is 0 Å². The SMILES string of the molecule is CCN(c1ccncc1)S(=O)(=O)c1ccc(F)c(C)c1. The van der Waals surface area contributed by atoms with E-state index in [1.807, 2.05) is 0 Å². The third-order valence-electron chi connectivity index (χ3n) is 2.96. The van der Waals surface area contributed by atoms with Crippen molar-refractivity contribution in [3.05, 3.63) is 54.1 Å². The number of aryl methyl sites for hydroxylation is 1. The molecule has 2 aromatic rings. The number of rotatable bonds is 4. The van der Waals surface area contributed by atoms with Gasteiger partial charge in [0.25, 0.3) is 10.0 Å². The molecule has 0 atom stereocenters. The monoisotopic (exact) mass is 294 g/mol. The Morgan fingerprint density at radius 3 is 2.40 bits per heavy atom. The molecule has 0 fully saturated rings. The minimum absolute atomic E-state index is 0.0788. The number of nitrogens with zero attached hydrogens (tertiary/aromatic N) is 2. The van der Waals surface area contributed by atoms with Gasteiger partial charge in [0.15, 0.2) is 0 Å². The smallest absolute Gasteiger partial charge is 0.264 e. The van der Waals surface area contributed by atoms with Crippen molar-refractivity contribution in [3.63, 3.8) is 0 Å². The van der Waals surface area contributed by atoms with Crippen molar-refractivity contribution in [2.24, 2.45) is 0 Å². The molecule has 1 aromatic heterocycles. The molecule has 0 unspecified atom stereocenters. The molecule has 0 bridgehead atoms. The number of pyridine rings is 1. The summed E-state index contributed by atoms with van der Waals surface area (Å²) in [7, 11) is -3.70. The van der Waals surface area contributed by atoms with Gasteiger partial charge in [-0.1, -0.05) is 0 Å². The first kappa shape index (κ1) is 14.5. The Balaban J connectivity index is 2.50. The summed E-state index contributed by atoms with van der Waals surface area (Å²) >= 11 is 0. The lowest BCUT2D eigenvalue weighted by Gasteiger charge is -2.22. The fourth-order valence-electron chi connectivity index (χ4n) is 1.91. The van der Waals surface area contributed by atoms with Gasteiger partial charge in [-0.3, -0.25) is 9.29 Å². The summed E-state index contributed by atoms with van der Waals surface area (Å²) in [5.74, 6) is -0.420. The van der Waals surface area contributed by atoms with E-state index >= 15 is 0 Å². The van der Waals surface area contributed by atoms with Gasteiger partial charge >= 0.3 is 0 Å². The zero-order chi connectivity index (χ0) is 14.8. The molecule has 0 aliphatic carbocycles. The molecule has 4 nitrogen and oxygen atoms in total. The molecule has 0 amide bonds. The lowest BCUT2D eigenvalue weighted by atomic mass is 10.2. The fraction of sp³-hybridized carbons (Fsp3) is 0.214. The molecule has 1 aromatic carbocycles. The van der Waals surface area contributed by atoms with Crippen LogP contribution in [0.25, 0.3) is 0 Å². The summed E-state index contributed by atoms with van der Waals surface area (Å²) in [6, 6.07) is 7.04. The third kappa shape index (κ3) is 2.65. The van der Waals surface area contributed by atoms with Crippen molar-refractivity contribution in [3.8, 4) is 0 Å². The first-order chi connectivity index (χ1) is 9.46. The number of halogens is 1. The maximum Gasteiger partial charge on any atom is 0.264 e. The van der Waals surface area contributed by atoms with Gasteiger partial charge in [0.1, 0.15) is 5.82 Å². The molecule has 0 saturated carbocycles. The average molecular weight is 294 g/mol. The van der Waals surface area contributed by atoms with Gasteiger partial charge in [0.05, 0.1) is 10.6 Å². The van der Waals surface area contributed by atoms with E-state index in [0.717, 1.165) is 0 Å². The highest BCUT2D eigenvalue weighted by Crippen LogP contribution is 2.24. The maximum absolute atomic E-state index is 13.3. The summed E-state index contributed by atoms with van der Waals surface area (Å²) < 4.78 is 39.8. The Labute approximate surface area is 117 Å². The van der Waals surface area contributed by atoms with E-state index < -0.39 is 15.8 Å². The Kier molecular flexibility index (Phi) is 4.04. The number of hydrogen-bond donors (Lipinski definition) is 0. The summed E-state index contributed by atoms with van der Waals surface area (Å²) in [4.78, 5) is 3.95. The van der Waals surface area contributed by atoms with Crippen LogP contribution >= 0.6 is 0 Å². The predicted octanol–water partition coefficient (Wildman–Crippen LogP) is 2.74. The van der Waals surface area contributed by atoms with Gasteiger partial charge < -0.3 is 0 Å². The van der Waals surface area contributed by atoms with Gasteiger partial charge in [0, 0.05) is 18.9 Å². The zero-order valence-electron chi connectivity index (χ0n) is 11.2. The normalized spacial score (nSPS) is 11.3. The molecular formula is C14H15FN2O2S. The largest absolute Gasteiger partial charge is 0.267 e. The van der Waals surface area contributed by atoms with Crippen molar-refractivity contribution in [1.29, 1.82) is 0 Å². The molecule has 0 aliphatic heterocycles. The summed E-state index contributed by atoms with van der Waals surface area (Å²) in [5, 5.41) is 0. The summed E-state index contributed by atoms with van der Waals surface area (Å²) in [6.45, 7) is 3.56. The van der Waals surface area contributed by atoms with Crippen LogP contribution in [0.5, 0.6) is 0 Å². The lowest BCUT2D eigenvalue weighted by Crippen LogP contribution is -2.30. The molecule has 0 N–H and O–H groups in total. The van der Waals surface area contributed by atoms with Crippen molar-refractivity contribution in [2.75, 3.05) is 10.8 Å². The highest BCUT2D eigenvalue weighted by Gasteiger charge is 2.24. The van der Waals surface area contributed by atoms with Gasteiger partial charge in [-0.15, -0.1) is 0 Å². The van der Waals surface area contributed by atoms with E-state index in [4.69, 9.17) is 0 Å². The minimum atomic E-state index is -3.70. The standard InChI is InChI=1S/C14H15FN2O2S/c1-3-17(12-6-8-16-9-7-12)20(18,19)13-4-5-14(15)11(2)10-13/h4-10H,3H2,1-2H3. The molecule has 106 valence electrons.